The molecular formula is C11H11FN2O. The molecule has 78 valence electrons. The fourth-order valence-electron chi connectivity index (χ4n) is 1.48. The van der Waals surface area contributed by atoms with Crippen molar-refractivity contribution >= 4 is 0 Å². The highest BCUT2D eigenvalue weighted by atomic mass is 19.1. The van der Waals surface area contributed by atoms with Crippen molar-refractivity contribution in [2.75, 3.05) is 0 Å². The number of aliphatic hydroxyl groups is 1. The van der Waals surface area contributed by atoms with Crippen molar-refractivity contribution in [3.05, 3.63) is 48.0 Å². The predicted molar refractivity (Wildman–Crippen MR) is 54.2 cm³/mol. The van der Waals surface area contributed by atoms with Crippen LogP contribution in [0.3, 0.4) is 0 Å². The zero-order valence-electron chi connectivity index (χ0n) is 8.26. The molecule has 1 atom stereocenters. The van der Waals surface area contributed by atoms with Gasteiger partial charge in [-0.2, -0.15) is 5.10 Å². The molecule has 0 aliphatic heterocycles. The molecule has 0 saturated carbocycles. The van der Waals surface area contributed by atoms with Crippen molar-refractivity contribution in [3.63, 3.8) is 0 Å². The minimum Gasteiger partial charge on any atom is -0.389 e. The second-order valence-electron chi connectivity index (χ2n) is 3.33. The van der Waals surface area contributed by atoms with Gasteiger partial charge in [-0.3, -0.25) is 0 Å². The molecule has 1 aromatic carbocycles. The van der Waals surface area contributed by atoms with E-state index in [4.69, 9.17) is 0 Å². The van der Waals surface area contributed by atoms with Crippen molar-refractivity contribution < 1.29 is 9.50 Å². The van der Waals surface area contributed by atoms with Gasteiger partial charge in [0.25, 0.3) is 0 Å². The second kappa shape index (κ2) is 3.82. The van der Waals surface area contributed by atoms with Gasteiger partial charge in [0.15, 0.2) is 0 Å². The topological polar surface area (TPSA) is 38.0 Å². The minimum absolute atomic E-state index is 0.359. The molecule has 1 aromatic heterocycles. The number of nitrogens with zero attached hydrogens (tertiary/aromatic N) is 2. The summed E-state index contributed by atoms with van der Waals surface area (Å²) in [5.41, 5.74) is 1.22. The molecule has 3 nitrogen and oxygen atoms in total. The Balaban J connectivity index is 2.56. The summed E-state index contributed by atoms with van der Waals surface area (Å²) >= 11 is 0. The third-order valence-corrected chi connectivity index (χ3v) is 2.19. The minimum atomic E-state index is -0.722. The molecule has 0 saturated heterocycles. The second-order valence-corrected chi connectivity index (χ2v) is 3.33. The Morgan fingerprint density at radius 1 is 1.47 bits per heavy atom. The van der Waals surface area contributed by atoms with Gasteiger partial charge in [0, 0.05) is 18.0 Å². The maximum Gasteiger partial charge on any atom is 0.123 e. The monoisotopic (exact) mass is 206 g/mol. The van der Waals surface area contributed by atoms with Crippen LogP contribution in [0.25, 0.3) is 5.69 Å². The molecule has 2 rings (SSSR count). The molecule has 0 amide bonds. The molecule has 0 spiro atoms. The van der Waals surface area contributed by atoms with Crippen LogP contribution in [-0.4, -0.2) is 14.9 Å². The fraction of sp³-hybridized carbons (Fsp3) is 0.182. The molecular weight excluding hydrogens is 195 g/mol. The van der Waals surface area contributed by atoms with E-state index < -0.39 is 6.10 Å². The number of benzene rings is 1. The van der Waals surface area contributed by atoms with Crippen molar-refractivity contribution in [2.24, 2.45) is 0 Å². The summed E-state index contributed by atoms with van der Waals surface area (Å²) in [6.45, 7) is 1.60. The number of aliphatic hydroxyl groups excluding tert-OH is 1. The Morgan fingerprint density at radius 2 is 2.27 bits per heavy atom. The van der Waals surface area contributed by atoms with Gasteiger partial charge in [0.2, 0.25) is 0 Å². The van der Waals surface area contributed by atoms with Crippen LogP contribution in [0.1, 0.15) is 18.6 Å². The Hall–Kier alpha value is -1.68. The Kier molecular flexibility index (Phi) is 2.51. The lowest BCUT2D eigenvalue weighted by molar-refractivity contribution is 0.198. The summed E-state index contributed by atoms with van der Waals surface area (Å²) in [5.74, 6) is -0.359. The first kappa shape index (κ1) is 9.86. The predicted octanol–water partition coefficient (Wildman–Crippen LogP) is 2.06. The highest BCUT2D eigenvalue weighted by Gasteiger charge is 2.10. The Labute approximate surface area is 86.8 Å². The molecule has 1 N–H and O–H groups in total. The lowest BCUT2D eigenvalue weighted by atomic mass is 10.1. The van der Waals surface area contributed by atoms with E-state index >= 15 is 0 Å². The lowest BCUT2D eigenvalue weighted by Crippen LogP contribution is -2.03. The average molecular weight is 206 g/mol. The molecule has 2 aromatic rings. The van der Waals surface area contributed by atoms with Gasteiger partial charge < -0.3 is 5.11 Å². The lowest BCUT2D eigenvalue weighted by Gasteiger charge is -2.11. The van der Waals surface area contributed by atoms with Crippen LogP contribution in [-0.2, 0) is 0 Å². The number of hydrogen-bond donors (Lipinski definition) is 1. The van der Waals surface area contributed by atoms with Gasteiger partial charge >= 0.3 is 0 Å². The number of hydrogen-bond acceptors (Lipinski definition) is 2. The Morgan fingerprint density at radius 3 is 2.87 bits per heavy atom. The van der Waals surface area contributed by atoms with E-state index in [1.807, 2.05) is 0 Å². The van der Waals surface area contributed by atoms with Crippen LogP contribution in [0.5, 0.6) is 0 Å². The van der Waals surface area contributed by atoms with Gasteiger partial charge in [0.1, 0.15) is 5.82 Å². The van der Waals surface area contributed by atoms with Crippen molar-refractivity contribution in [1.29, 1.82) is 0 Å². The Bertz CT molecular complexity index is 452. The first-order valence-electron chi connectivity index (χ1n) is 4.66. The molecule has 0 aliphatic rings. The van der Waals surface area contributed by atoms with E-state index in [-0.39, 0.29) is 5.82 Å². The van der Waals surface area contributed by atoms with E-state index in [1.54, 1.807) is 36.1 Å². The van der Waals surface area contributed by atoms with Crippen LogP contribution in [0, 0.1) is 5.82 Å². The van der Waals surface area contributed by atoms with Crippen LogP contribution in [0.2, 0.25) is 0 Å². The van der Waals surface area contributed by atoms with Gasteiger partial charge in [-0.05, 0) is 31.2 Å². The summed E-state index contributed by atoms with van der Waals surface area (Å²) in [6, 6.07) is 6.05. The molecule has 1 heterocycles. The zero-order valence-corrected chi connectivity index (χ0v) is 8.26. The van der Waals surface area contributed by atoms with Gasteiger partial charge in [0.05, 0.1) is 11.8 Å². The molecule has 0 unspecified atom stereocenters. The normalized spacial score (nSPS) is 12.7. The highest BCUT2D eigenvalue weighted by Crippen LogP contribution is 2.21. The molecule has 4 heteroatoms. The number of halogens is 1. The van der Waals surface area contributed by atoms with Crippen LogP contribution in [0.4, 0.5) is 4.39 Å². The molecule has 0 bridgehead atoms. The molecule has 15 heavy (non-hydrogen) atoms. The van der Waals surface area contributed by atoms with E-state index in [0.29, 0.717) is 11.3 Å². The quantitative estimate of drug-likeness (QED) is 0.816. The average Bonchev–Trinajstić information content (AvgIpc) is 2.70. The van der Waals surface area contributed by atoms with E-state index in [0.717, 1.165) is 0 Å². The molecule has 0 fully saturated rings. The number of aromatic nitrogens is 2. The van der Waals surface area contributed by atoms with Gasteiger partial charge in [-0.15, -0.1) is 0 Å². The third-order valence-electron chi connectivity index (χ3n) is 2.19. The van der Waals surface area contributed by atoms with Crippen molar-refractivity contribution in [3.8, 4) is 5.69 Å². The summed E-state index contributed by atoms with van der Waals surface area (Å²) in [5, 5.41) is 13.6. The summed E-state index contributed by atoms with van der Waals surface area (Å²) < 4.78 is 14.6. The molecule has 0 radical (unpaired) electrons. The van der Waals surface area contributed by atoms with Crippen LogP contribution < -0.4 is 0 Å². The zero-order chi connectivity index (χ0) is 10.8. The standard InChI is InChI=1S/C11H11FN2O/c1-8(15)10-7-9(12)3-4-11(10)14-6-2-5-13-14/h2-8,15H,1H3/t8-/m0/s1. The third kappa shape index (κ3) is 1.89. The summed E-state index contributed by atoms with van der Waals surface area (Å²) in [6.07, 6.45) is 2.66. The van der Waals surface area contributed by atoms with Gasteiger partial charge in [-0.1, -0.05) is 0 Å². The summed E-state index contributed by atoms with van der Waals surface area (Å²) in [4.78, 5) is 0. The van der Waals surface area contributed by atoms with Crippen molar-refractivity contribution in [1.82, 2.24) is 9.78 Å². The maximum atomic E-state index is 13.0. The van der Waals surface area contributed by atoms with Crippen molar-refractivity contribution in [2.45, 2.75) is 13.0 Å². The highest BCUT2D eigenvalue weighted by molar-refractivity contribution is 5.41. The fourth-order valence-corrected chi connectivity index (χ4v) is 1.48. The van der Waals surface area contributed by atoms with E-state index in [9.17, 15) is 9.50 Å². The first-order chi connectivity index (χ1) is 7.18. The van der Waals surface area contributed by atoms with E-state index in [2.05, 4.69) is 5.10 Å². The smallest absolute Gasteiger partial charge is 0.123 e. The molecule has 0 aliphatic carbocycles. The summed E-state index contributed by atoms with van der Waals surface area (Å²) in [7, 11) is 0. The SMILES string of the molecule is C[C@H](O)c1cc(F)ccc1-n1cccn1. The van der Waals surface area contributed by atoms with Crippen LogP contribution >= 0.6 is 0 Å². The van der Waals surface area contributed by atoms with E-state index in [1.165, 1.54) is 12.1 Å². The van der Waals surface area contributed by atoms with Crippen LogP contribution in [0.15, 0.2) is 36.7 Å². The van der Waals surface area contributed by atoms with Gasteiger partial charge in [-0.25, -0.2) is 9.07 Å². The first-order valence-corrected chi connectivity index (χ1v) is 4.66. The maximum absolute atomic E-state index is 13.0. The largest absolute Gasteiger partial charge is 0.389 e. The number of rotatable bonds is 2.